The Kier molecular flexibility index (Phi) is 5.40. The molecule has 5 N–H and O–H groups in total. The molecule has 1 atom stereocenters. The average Bonchev–Trinajstić information content (AvgIpc) is 2.74. The van der Waals surface area contributed by atoms with Crippen LogP contribution in [0.3, 0.4) is 0 Å². The molecule has 0 radical (unpaired) electrons. The molecule has 4 rings (SSSR count). The number of primary amides is 1. The quantitative estimate of drug-likeness (QED) is 0.562. The van der Waals surface area contributed by atoms with E-state index >= 15 is 0 Å². The zero-order chi connectivity index (χ0) is 22.1. The van der Waals surface area contributed by atoms with Gasteiger partial charge in [-0.15, -0.1) is 0 Å². The molecule has 1 aromatic heterocycles. The van der Waals surface area contributed by atoms with E-state index in [4.69, 9.17) is 5.73 Å². The molecule has 2 aromatic rings. The molecule has 31 heavy (non-hydrogen) atoms. The summed E-state index contributed by atoms with van der Waals surface area (Å²) in [6.45, 7) is 0.940. The second-order valence-corrected chi connectivity index (χ2v) is 7.62. The minimum atomic E-state index is -1.04. The summed E-state index contributed by atoms with van der Waals surface area (Å²) in [6, 6.07) is 5.16. The fourth-order valence-corrected chi connectivity index (χ4v) is 3.87. The van der Waals surface area contributed by atoms with Gasteiger partial charge in [-0.25, -0.2) is 4.39 Å². The SMILES string of the molecule is NC(=O)C1CCN(c2nc3c(c(=O)[nH]2)[C@@H](C(=O)Nc2ccc(F)cc2)CC(=O)N3)CC1. The molecule has 1 aromatic carbocycles. The first kappa shape index (κ1) is 20.5. The number of fused-ring (bicyclic) bond motifs is 1. The van der Waals surface area contributed by atoms with Gasteiger partial charge in [-0.2, -0.15) is 4.98 Å². The number of aromatic nitrogens is 2. The second kappa shape index (κ2) is 8.17. The first-order valence-electron chi connectivity index (χ1n) is 9.86. The van der Waals surface area contributed by atoms with Crippen molar-refractivity contribution in [3.63, 3.8) is 0 Å². The summed E-state index contributed by atoms with van der Waals surface area (Å²) in [6.07, 6.45) is 0.852. The molecular formula is C20H21FN6O4. The fourth-order valence-electron chi connectivity index (χ4n) is 3.87. The molecule has 10 nitrogen and oxygen atoms in total. The van der Waals surface area contributed by atoms with Gasteiger partial charge in [0.15, 0.2) is 0 Å². The third-order valence-electron chi connectivity index (χ3n) is 5.56. The van der Waals surface area contributed by atoms with E-state index in [2.05, 4.69) is 20.6 Å². The number of carbonyl (C=O) groups excluding carboxylic acids is 3. The lowest BCUT2D eigenvalue weighted by Crippen LogP contribution is -2.41. The maximum absolute atomic E-state index is 13.1. The van der Waals surface area contributed by atoms with Crippen LogP contribution in [0.4, 0.5) is 21.8 Å². The molecule has 1 saturated heterocycles. The highest BCUT2D eigenvalue weighted by Crippen LogP contribution is 2.31. The second-order valence-electron chi connectivity index (χ2n) is 7.62. The predicted octanol–water partition coefficient (Wildman–Crippen LogP) is 0.675. The van der Waals surface area contributed by atoms with Gasteiger partial charge in [-0.05, 0) is 37.1 Å². The first-order valence-corrected chi connectivity index (χ1v) is 9.86. The van der Waals surface area contributed by atoms with E-state index in [1.807, 2.05) is 0 Å². The summed E-state index contributed by atoms with van der Waals surface area (Å²) < 4.78 is 13.1. The Hall–Kier alpha value is -3.76. The van der Waals surface area contributed by atoms with Crippen LogP contribution < -0.4 is 26.8 Å². The van der Waals surface area contributed by atoms with Crippen LogP contribution >= 0.6 is 0 Å². The monoisotopic (exact) mass is 428 g/mol. The van der Waals surface area contributed by atoms with Gasteiger partial charge in [0.05, 0.1) is 11.5 Å². The maximum Gasteiger partial charge on any atom is 0.258 e. The van der Waals surface area contributed by atoms with Crippen molar-refractivity contribution in [1.82, 2.24) is 9.97 Å². The number of rotatable bonds is 4. The number of anilines is 3. The number of hydrogen-bond acceptors (Lipinski definition) is 6. The smallest absolute Gasteiger partial charge is 0.258 e. The van der Waals surface area contributed by atoms with Crippen molar-refractivity contribution in [2.45, 2.75) is 25.2 Å². The molecule has 162 valence electrons. The number of benzene rings is 1. The fraction of sp³-hybridized carbons (Fsp3) is 0.350. The molecule has 11 heteroatoms. The Morgan fingerprint density at radius 2 is 1.84 bits per heavy atom. The van der Waals surface area contributed by atoms with Crippen LogP contribution in [0.15, 0.2) is 29.1 Å². The number of piperidine rings is 1. The summed E-state index contributed by atoms with van der Waals surface area (Å²) in [5, 5.41) is 5.16. The molecule has 0 spiro atoms. The number of nitrogens with two attached hydrogens (primary N) is 1. The normalized spacial score (nSPS) is 18.8. The summed E-state index contributed by atoms with van der Waals surface area (Å²) >= 11 is 0. The average molecular weight is 428 g/mol. The van der Waals surface area contributed by atoms with Crippen molar-refractivity contribution in [3.8, 4) is 0 Å². The van der Waals surface area contributed by atoms with Crippen molar-refractivity contribution in [1.29, 1.82) is 0 Å². The third kappa shape index (κ3) is 4.25. The topological polar surface area (TPSA) is 150 Å². The van der Waals surface area contributed by atoms with E-state index in [9.17, 15) is 23.6 Å². The molecular weight excluding hydrogens is 407 g/mol. The van der Waals surface area contributed by atoms with Gasteiger partial charge < -0.3 is 21.3 Å². The van der Waals surface area contributed by atoms with E-state index in [1.165, 1.54) is 24.3 Å². The van der Waals surface area contributed by atoms with Gasteiger partial charge >= 0.3 is 0 Å². The first-order chi connectivity index (χ1) is 14.8. The van der Waals surface area contributed by atoms with Crippen molar-refractivity contribution >= 4 is 35.2 Å². The third-order valence-corrected chi connectivity index (χ3v) is 5.56. The van der Waals surface area contributed by atoms with E-state index in [0.29, 0.717) is 31.6 Å². The largest absolute Gasteiger partial charge is 0.369 e. The minimum absolute atomic E-state index is 0.0336. The van der Waals surface area contributed by atoms with Gasteiger partial charge in [0.1, 0.15) is 11.6 Å². The number of H-pyrrole nitrogens is 1. The van der Waals surface area contributed by atoms with Crippen molar-refractivity contribution < 1.29 is 18.8 Å². The van der Waals surface area contributed by atoms with Gasteiger partial charge in [0.2, 0.25) is 23.7 Å². The zero-order valence-electron chi connectivity index (χ0n) is 16.5. The Morgan fingerprint density at radius 1 is 1.16 bits per heavy atom. The van der Waals surface area contributed by atoms with Crippen LogP contribution in [-0.2, 0) is 14.4 Å². The summed E-state index contributed by atoms with van der Waals surface area (Å²) in [7, 11) is 0. The highest BCUT2D eigenvalue weighted by atomic mass is 19.1. The van der Waals surface area contributed by atoms with Crippen molar-refractivity contribution in [2.24, 2.45) is 11.7 Å². The van der Waals surface area contributed by atoms with E-state index in [0.717, 1.165) is 0 Å². The molecule has 0 saturated carbocycles. The predicted molar refractivity (Wildman–Crippen MR) is 110 cm³/mol. The summed E-state index contributed by atoms with van der Waals surface area (Å²) in [5.41, 5.74) is 5.23. The lowest BCUT2D eigenvalue weighted by Gasteiger charge is -2.32. The van der Waals surface area contributed by atoms with Crippen LogP contribution in [0.2, 0.25) is 0 Å². The van der Waals surface area contributed by atoms with E-state index < -0.39 is 29.1 Å². The molecule has 3 heterocycles. The molecule has 2 aliphatic heterocycles. The number of nitrogens with one attached hydrogen (secondary N) is 3. The van der Waals surface area contributed by atoms with Crippen LogP contribution in [0, 0.1) is 11.7 Å². The minimum Gasteiger partial charge on any atom is -0.369 e. The van der Waals surface area contributed by atoms with E-state index in [-0.39, 0.29) is 35.6 Å². The number of amides is 3. The van der Waals surface area contributed by atoms with Gasteiger partial charge in [-0.1, -0.05) is 0 Å². The number of halogens is 1. The van der Waals surface area contributed by atoms with Crippen LogP contribution in [-0.4, -0.2) is 40.8 Å². The van der Waals surface area contributed by atoms with Gasteiger partial charge in [-0.3, -0.25) is 24.2 Å². The van der Waals surface area contributed by atoms with Crippen molar-refractivity contribution in [2.75, 3.05) is 28.6 Å². The molecule has 0 bridgehead atoms. The highest BCUT2D eigenvalue weighted by Gasteiger charge is 2.35. The standard InChI is InChI=1S/C20H21FN6O4/c21-11-1-3-12(4-2-11)23-18(30)13-9-14(28)24-17-15(13)19(31)26-20(25-17)27-7-5-10(6-8-27)16(22)29/h1-4,10,13H,5-9H2,(H2,22,29)(H,23,30)(H2,24,25,26,28,31)/t13-/m0/s1. The maximum atomic E-state index is 13.1. The Morgan fingerprint density at radius 3 is 2.48 bits per heavy atom. The molecule has 0 unspecified atom stereocenters. The molecule has 1 fully saturated rings. The highest BCUT2D eigenvalue weighted by molar-refractivity contribution is 6.04. The number of aromatic amines is 1. The molecule has 2 aliphatic rings. The molecule has 3 amide bonds. The Labute approximate surface area is 176 Å². The van der Waals surface area contributed by atoms with Crippen molar-refractivity contribution in [3.05, 3.63) is 46.0 Å². The lowest BCUT2D eigenvalue weighted by atomic mass is 9.92. The van der Waals surface area contributed by atoms with Gasteiger partial charge in [0.25, 0.3) is 5.56 Å². The number of hydrogen-bond donors (Lipinski definition) is 4. The summed E-state index contributed by atoms with van der Waals surface area (Å²) in [4.78, 5) is 58.0. The lowest BCUT2D eigenvalue weighted by molar-refractivity contribution is -0.123. The van der Waals surface area contributed by atoms with E-state index in [1.54, 1.807) is 4.90 Å². The van der Waals surface area contributed by atoms with Crippen LogP contribution in [0.1, 0.15) is 30.7 Å². The zero-order valence-corrected chi connectivity index (χ0v) is 16.5. The number of carbonyl (C=O) groups is 3. The van der Waals surface area contributed by atoms with Crippen LogP contribution in [0.5, 0.6) is 0 Å². The number of nitrogens with zero attached hydrogens (tertiary/aromatic N) is 2. The molecule has 0 aliphatic carbocycles. The Bertz CT molecular complexity index is 1090. The summed E-state index contributed by atoms with van der Waals surface area (Å²) in [5.74, 6) is -2.78. The Balaban J connectivity index is 1.58. The van der Waals surface area contributed by atoms with Crippen LogP contribution in [0.25, 0.3) is 0 Å². The van der Waals surface area contributed by atoms with Gasteiger partial charge in [0, 0.05) is 31.1 Å².